The minimum absolute atomic E-state index is 0.0861. The fourth-order valence-electron chi connectivity index (χ4n) is 3.43. The molecule has 3 N–H and O–H groups in total. The van der Waals surface area contributed by atoms with Gasteiger partial charge in [-0.15, -0.1) is 5.10 Å². The minimum atomic E-state index is -0.804. The summed E-state index contributed by atoms with van der Waals surface area (Å²) in [5.74, 6) is -0.0805. The van der Waals surface area contributed by atoms with Gasteiger partial charge in [-0.25, -0.2) is 0 Å². The van der Waals surface area contributed by atoms with Gasteiger partial charge in [0.2, 0.25) is 11.8 Å². The van der Waals surface area contributed by atoms with Crippen LogP contribution >= 0.6 is 0 Å². The van der Waals surface area contributed by atoms with Crippen LogP contribution in [0.15, 0.2) is 60.0 Å². The number of methoxy groups -OCH3 is 1. The summed E-state index contributed by atoms with van der Waals surface area (Å²) < 4.78 is 10.7. The number of nitrogens with one attached hydrogen (secondary N) is 1. The minimum Gasteiger partial charge on any atom is -0.497 e. The molecular weight excluding hydrogens is 374 g/mol. The topological polar surface area (TPSA) is 140 Å². The Morgan fingerprint density at radius 1 is 1.28 bits per heavy atom. The number of rotatable bonds is 4. The Morgan fingerprint density at radius 3 is 2.66 bits per heavy atom. The summed E-state index contributed by atoms with van der Waals surface area (Å²) in [6.07, 6.45) is 0. The third-order valence-electron chi connectivity index (χ3n) is 4.76. The molecule has 0 saturated heterocycles. The summed E-state index contributed by atoms with van der Waals surface area (Å²) in [5, 5.41) is 28.4. The first kappa shape index (κ1) is 18.1. The largest absolute Gasteiger partial charge is 0.497 e. The Morgan fingerprint density at radius 2 is 2.00 bits per heavy atom. The van der Waals surface area contributed by atoms with Gasteiger partial charge in [-0.3, -0.25) is 15.2 Å². The van der Waals surface area contributed by atoms with Crippen LogP contribution in [-0.4, -0.2) is 22.2 Å². The molecule has 0 radical (unpaired) electrons. The van der Waals surface area contributed by atoms with E-state index in [4.69, 9.17) is 15.2 Å². The molecule has 0 saturated carbocycles. The van der Waals surface area contributed by atoms with Gasteiger partial charge in [0.15, 0.2) is 0 Å². The number of para-hydroxylation sites is 1. The van der Waals surface area contributed by atoms with Crippen molar-refractivity contribution in [2.45, 2.75) is 5.92 Å². The van der Waals surface area contributed by atoms with E-state index in [0.717, 1.165) is 5.56 Å². The number of ether oxygens (including phenoxy) is 2. The Bertz CT molecular complexity index is 1170. The summed E-state index contributed by atoms with van der Waals surface area (Å²) in [6.45, 7) is 0. The Kier molecular flexibility index (Phi) is 4.37. The van der Waals surface area contributed by atoms with Crippen LogP contribution in [0.4, 0.5) is 5.69 Å². The smallest absolute Gasteiger partial charge is 0.273 e. The highest BCUT2D eigenvalue weighted by Gasteiger charge is 2.38. The number of nitrogens with zero attached hydrogens (tertiary/aromatic N) is 3. The highest BCUT2D eigenvalue weighted by Crippen LogP contribution is 2.47. The lowest BCUT2D eigenvalue weighted by atomic mass is 9.82. The number of nitro groups is 1. The number of aromatic amines is 1. The first-order valence-electron chi connectivity index (χ1n) is 8.58. The number of nitro benzene ring substituents is 1. The van der Waals surface area contributed by atoms with Crippen molar-refractivity contribution in [1.29, 1.82) is 5.26 Å². The number of nitriles is 1. The molecule has 0 aliphatic carbocycles. The molecule has 0 unspecified atom stereocenters. The monoisotopic (exact) mass is 389 g/mol. The SMILES string of the molecule is COc1ccc(-c2[nH]nc3c2[C@@H](c2ccccc2[N+](=O)[O-])C(C#N)=C(N)O3)cc1. The van der Waals surface area contributed by atoms with Gasteiger partial charge < -0.3 is 15.2 Å². The zero-order valence-electron chi connectivity index (χ0n) is 15.2. The molecule has 144 valence electrons. The van der Waals surface area contributed by atoms with Gasteiger partial charge in [-0.2, -0.15) is 5.26 Å². The molecule has 1 aliphatic heterocycles. The van der Waals surface area contributed by atoms with Crippen LogP contribution in [0.25, 0.3) is 11.3 Å². The van der Waals surface area contributed by atoms with Gasteiger partial charge in [0.25, 0.3) is 5.69 Å². The Balaban J connectivity index is 1.96. The zero-order chi connectivity index (χ0) is 20.5. The maximum absolute atomic E-state index is 11.6. The Labute approximate surface area is 165 Å². The van der Waals surface area contributed by atoms with Gasteiger partial charge in [0.1, 0.15) is 17.4 Å². The molecule has 0 fully saturated rings. The molecule has 2 heterocycles. The number of hydrogen-bond donors (Lipinski definition) is 2. The van der Waals surface area contributed by atoms with E-state index in [2.05, 4.69) is 10.2 Å². The molecule has 0 bridgehead atoms. The molecule has 3 aromatic rings. The van der Waals surface area contributed by atoms with Crippen molar-refractivity contribution in [2.24, 2.45) is 5.73 Å². The van der Waals surface area contributed by atoms with Gasteiger partial charge >= 0.3 is 0 Å². The summed E-state index contributed by atoms with van der Waals surface area (Å²) >= 11 is 0. The Hall–Kier alpha value is -4.32. The number of hydrogen-bond acceptors (Lipinski definition) is 7. The molecule has 29 heavy (non-hydrogen) atoms. The number of H-pyrrole nitrogens is 1. The summed E-state index contributed by atoms with van der Waals surface area (Å²) in [4.78, 5) is 11.1. The first-order valence-corrected chi connectivity index (χ1v) is 8.58. The van der Waals surface area contributed by atoms with Crippen LogP contribution in [0.3, 0.4) is 0 Å². The van der Waals surface area contributed by atoms with Crippen LogP contribution < -0.4 is 15.2 Å². The number of aromatic nitrogens is 2. The standard InChI is InChI=1S/C20H15N5O4/c1-28-12-8-6-11(7-9-12)18-17-16(13-4-2-3-5-15(13)25(26)27)14(10-21)19(22)29-20(17)24-23-18/h2-9,16H,22H2,1H3,(H,23,24)/t16-/m0/s1. The van der Waals surface area contributed by atoms with Crippen molar-refractivity contribution in [3.8, 4) is 29.0 Å². The molecular formula is C20H15N5O4. The molecule has 0 amide bonds. The van der Waals surface area contributed by atoms with E-state index < -0.39 is 10.8 Å². The van der Waals surface area contributed by atoms with Gasteiger partial charge in [-0.1, -0.05) is 18.2 Å². The van der Waals surface area contributed by atoms with E-state index in [0.29, 0.717) is 22.6 Å². The molecule has 0 spiro atoms. The van der Waals surface area contributed by atoms with Crippen LogP contribution in [0.1, 0.15) is 17.0 Å². The van der Waals surface area contributed by atoms with Crippen molar-refractivity contribution in [1.82, 2.24) is 10.2 Å². The molecule has 9 nitrogen and oxygen atoms in total. The van der Waals surface area contributed by atoms with Crippen molar-refractivity contribution in [3.63, 3.8) is 0 Å². The number of nitrogens with two attached hydrogens (primary N) is 1. The van der Waals surface area contributed by atoms with Crippen LogP contribution in [0.2, 0.25) is 0 Å². The molecule has 4 rings (SSSR count). The van der Waals surface area contributed by atoms with Crippen molar-refractivity contribution < 1.29 is 14.4 Å². The molecule has 1 aliphatic rings. The summed E-state index contributed by atoms with van der Waals surface area (Å²) in [6, 6.07) is 15.5. The van der Waals surface area contributed by atoms with Crippen molar-refractivity contribution in [2.75, 3.05) is 7.11 Å². The number of allylic oxidation sites excluding steroid dienone is 1. The average Bonchev–Trinajstić information content (AvgIpc) is 3.16. The summed E-state index contributed by atoms with van der Waals surface area (Å²) in [7, 11) is 1.57. The number of fused-ring (bicyclic) bond motifs is 1. The van der Waals surface area contributed by atoms with Crippen LogP contribution in [0.5, 0.6) is 11.6 Å². The summed E-state index contributed by atoms with van der Waals surface area (Å²) in [5.41, 5.74) is 8.08. The third kappa shape index (κ3) is 2.93. The van der Waals surface area contributed by atoms with E-state index in [1.165, 1.54) is 6.07 Å². The predicted molar refractivity (Wildman–Crippen MR) is 103 cm³/mol. The molecule has 2 aromatic carbocycles. The fourth-order valence-corrected chi connectivity index (χ4v) is 3.43. The van der Waals surface area contributed by atoms with Crippen LogP contribution in [-0.2, 0) is 0 Å². The molecule has 1 atom stereocenters. The van der Waals surface area contributed by atoms with E-state index in [9.17, 15) is 15.4 Å². The average molecular weight is 389 g/mol. The lowest BCUT2D eigenvalue weighted by Crippen LogP contribution is -2.21. The van der Waals surface area contributed by atoms with E-state index in [1.54, 1.807) is 37.4 Å². The number of benzene rings is 2. The normalized spacial score (nSPS) is 15.2. The van der Waals surface area contributed by atoms with Crippen molar-refractivity contribution >= 4 is 5.69 Å². The molecule has 1 aromatic heterocycles. The van der Waals surface area contributed by atoms with Gasteiger partial charge in [0.05, 0.1) is 29.2 Å². The van der Waals surface area contributed by atoms with E-state index in [-0.39, 0.29) is 23.0 Å². The first-order chi connectivity index (χ1) is 14.0. The quantitative estimate of drug-likeness (QED) is 0.515. The lowest BCUT2D eigenvalue weighted by Gasteiger charge is -2.23. The maximum Gasteiger partial charge on any atom is 0.273 e. The van der Waals surface area contributed by atoms with Crippen molar-refractivity contribution in [3.05, 3.63) is 81.2 Å². The predicted octanol–water partition coefficient (Wildman–Crippen LogP) is 3.21. The van der Waals surface area contributed by atoms with E-state index in [1.807, 2.05) is 18.2 Å². The second-order valence-electron chi connectivity index (χ2n) is 6.29. The zero-order valence-corrected chi connectivity index (χ0v) is 15.2. The van der Waals surface area contributed by atoms with Crippen LogP contribution in [0, 0.1) is 21.4 Å². The van der Waals surface area contributed by atoms with Gasteiger partial charge in [0, 0.05) is 17.2 Å². The maximum atomic E-state index is 11.6. The molecule has 9 heteroatoms. The van der Waals surface area contributed by atoms with E-state index >= 15 is 0 Å². The third-order valence-corrected chi connectivity index (χ3v) is 4.76. The highest BCUT2D eigenvalue weighted by molar-refractivity contribution is 5.72. The van der Waals surface area contributed by atoms with Gasteiger partial charge in [-0.05, 0) is 24.3 Å². The highest BCUT2D eigenvalue weighted by atomic mass is 16.6. The fraction of sp³-hybridized carbons (Fsp3) is 0.100. The second-order valence-corrected chi connectivity index (χ2v) is 6.29. The second kappa shape index (κ2) is 7.01. The lowest BCUT2D eigenvalue weighted by molar-refractivity contribution is -0.385.